The zero-order valence-electron chi connectivity index (χ0n) is 17.7. The second-order valence-corrected chi connectivity index (χ2v) is 7.35. The number of aromatic nitrogens is 2. The Morgan fingerprint density at radius 3 is 2.39 bits per heavy atom. The number of rotatable bonds is 6. The van der Waals surface area contributed by atoms with Crippen molar-refractivity contribution in [3.8, 4) is 28.4 Å². The molecular weight excluding hydrogens is 422 g/mol. The number of hydrogen-bond donors (Lipinski definition) is 3. The Balaban J connectivity index is 1.53. The minimum atomic E-state index is -0.889. The van der Waals surface area contributed by atoms with Crippen molar-refractivity contribution in [2.24, 2.45) is 0 Å². The normalized spacial score (nSPS) is 10.6. The molecule has 0 fully saturated rings. The predicted molar refractivity (Wildman–Crippen MR) is 122 cm³/mol. The molecule has 8 heteroatoms. The highest BCUT2D eigenvalue weighted by atomic mass is 16.5. The van der Waals surface area contributed by atoms with Crippen LogP contribution in [-0.4, -0.2) is 38.5 Å². The fourth-order valence-electron chi connectivity index (χ4n) is 3.18. The summed E-state index contributed by atoms with van der Waals surface area (Å²) in [5.41, 5.74) is 3.27. The first-order valence-corrected chi connectivity index (χ1v) is 10.1. The van der Waals surface area contributed by atoms with Crippen LogP contribution in [0.25, 0.3) is 16.9 Å². The van der Waals surface area contributed by atoms with Crippen molar-refractivity contribution in [2.45, 2.75) is 6.92 Å². The van der Waals surface area contributed by atoms with E-state index in [1.807, 2.05) is 61.5 Å². The molecule has 166 valence electrons. The summed E-state index contributed by atoms with van der Waals surface area (Å²) in [4.78, 5) is 24.7. The van der Waals surface area contributed by atoms with E-state index in [4.69, 9.17) is 4.74 Å². The molecule has 0 atom stereocenters. The van der Waals surface area contributed by atoms with Gasteiger partial charge < -0.3 is 20.3 Å². The third-order valence-electron chi connectivity index (χ3n) is 4.86. The van der Waals surface area contributed by atoms with Crippen molar-refractivity contribution in [3.05, 3.63) is 90.0 Å². The average Bonchev–Trinajstić information content (AvgIpc) is 3.22. The standard InChI is InChI=1S/C25H21N3O5/c1-16-7-9-17(10-8-16)21-14-23(28(27-21)18-5-3-2-4-6-18)26-24(31)15-33-25(32)20-12-11-19(29)13-22(20)30/h2-14,29-30H,15H2,1H3,(H,26,31). The maximum atomic E-state index is 12.5. The molecule has 3 N–H and O–H groups in total. The molecule has 8 nitrogen and oxygen atoms in total. The second-order valence-electron chi connectivity index (χ2n) is 7.35. The van der Waals surface area contributed by atoms with E-state index in [1.165, 1.54) is 12.1 Å². The van der Waals surface area contributed by atoms with Gasteiger partial charge in [0.05, 0.1) is 11.4 Å². The van der Waals surface area contributed by atoms with Crippen molar-refractivity contribution >= 4 is 17.7 Å². The van der Waals surface area contributed by atoms with Gasteiger partial charge in [0.15, 0.2) is 6.61 Å². The number of para-hydroxylation sites is 1. The molecule has 1 aromatic heterocycles. The maximum absolute atomic E-state index is 12.5. The molecule has 0 spiro atoms. The lowest BCUT2D eigenvalue weighted by molar-refractivity contribution is -0.119. The largest absolute Gasteiger partial charge is 0.508 e. The molecular formula is C25H21N3O5. The number of ether oxygens (including phenoxy) is 1. The van der Waals surface area contributed by atoms with Crippen LogP contribution >= 0.6 is 0 Å². The fourth-order valence-corrected chi connectivity index (χ4v) is 3.18. The van der Waals surface area contributed by atoms with E-state index < -0.39 is 24.2 Å². The molecule has 0 bridgehead atoms. The highest BCUT2D eigenvalue weighted by Crippen LogP contribution is 2.26. The first-order valence-electron chi connectivity index (χ1n) is 10.1. The maximum Gasteiger partial charge on any atom is 0.342 e. The van der Waals surface area contributed by atoms with E-state index >= 15 is 0 Å². The summed E-state index contributed by atoms with van der Waals surface area (Å²) >= 11 is 0. The van der Waals surface area contributed by atoms with Crippen LogP contribution in [0.2, 0.25) is 0 Å². The number of carbonyl (C=O) groups is 2. The van der Waals surface area contributed by atoms with Gasteiger partial charge in [0.2, 0.25) is 0 Å². The van der Waals surface area contributed by atoms with Crippen molar-refractivity contribution in [3.63, 3.8) is 0 Å². The minimum absolute atomic E-state index is 0.156. The van der Waals surface area contributed by atoms with Gasteiger partial charge >= 0.3 is 5.97 Å². The Bertz CT molecular complexity index is 1300. The molecule has 1 amide bonds. The van der Waals surface area contributed by atoms with E-state index in [0.717, 1.165) is 22.9 Å². The quantitative estimate of drug-likeness (QED) is 0.388. The van der Waals surface area contributed by atoms with Crippen LogP contribution in [-0.2, 0) is 9.53 Å². The van der Waals surface area contributed by atoms with Crippen LogP contribution in [0.4, 0.5) is 5.82 Å². The second kappa shape index (κ2) is 9.27. The van der Waals surface area contributed by atoms with Gasteiger partial charge in [-0.25, -0.2) is 9.48 Å². The summed E-state index contributed by atoms with van der Waals surface area (Å²) < 4.78 is 6.61. The number of benzene rings is 3. The monoisotopic (exact) mass is 443 g/mol. The van der Waals surface area contributed by atoms with E-state index in [1.54, 1.807) is 10.7 Å². The number of phenols is 2. The zero-order valence-corrected chi connectivity index (χ0v) is 17.7. The first kappa shape index (κ1) is 21.6. The zero-order chi connectivity index (χ0) is 23.4. The van der Waals surface area contributed by atoms with Gasteiger partial charge in [-0.05, 0) is 31.2 Å². The SMILES string of the molecule is Cc1ccc(-c2cc(NC(=O)COC(=O)c3ccc(O)cc3O)n(-c3ccccc3)n2)cc1. The number of esters is 1. The van der Waals surface area contributed by atoms with Crippen LogP contribution in [0, 0.1) is 6.92 Å². The Labute approximate surface area is 189 Å². The number of amides is 1. The van der Waals surface area contributed by atoms with Crippen LogP contribution < -0.4 is 5.32 Å². The number of phenolic OH excluding ortho intramolecular Hbond substituents is 2. The van der Waals surface area contributed by atoms with Gasteiger partial charge in [-0.15, -0.1) is 0 Å². The third kappa shape index (κ3) is 5.01. The topological polar surface area (TPSA) is 114 Å². The van der Waals surface area contributed by atoms with Gasteiger partial charge in [0.25, 0.3) is 5.91 Å². The minimum Gasteiger partial charge on any atom is -0.508 e. The van der Waals surface area contributed by atoms with Crippen LogP contribution in [0.3, 0.4) is 0 Å². The summed E-state index contributed by atoms with van der Waals surface area (Å²) in [5, 5.41) is 26.5. The van der Waals surface area contributed by atoms with Crippen molar-refractivity contribution < 1.29 is 24.5 Å². The summed E-state index contributed by atoms with van der Waals surface area (Å²) in [6, 6.07) is 22.4. The lowest BCUT2D eigenvalue weighted by atomic mass is 10.1. The van der Waals surface area contributed by atoms with Crippen molar-refractivity contribution in [1.29, 1.82) is 0 Å². The Morgan fingerprint density at radius 1 is 0.970 bits per heavy atom. The molecule has 0 unspecified atom stereocenters. The number of nitrogens with one attached hydrogen (secondary N) is 1. The summed E-state index contributed by atoms with van der Waals surface area (Å²) in [5.74, 6) is -1.69. The fraction of sp³-hybridized carbons (Fsp3) is 0.0800. The van der Waals surface area contributed by atoms with Crippen molar-refractivity contribution in [2.75, 3.05) is 11.9 Å². The van der Waals surface area contributed by atoms with Gasteiger partial charge in [-0.2, -0.15) is 5.10 Å². The molecule has 0 radical (unpaired) electrons. The molecule has 0 aliphatic carbocycles. The van der Waals surface area contributed by atoms with E-state index in [-0.39, 0.29) is 11.3 Å². The number of aryl methyl sites for hydroxylation is 1. The van der Waals surface area contributed by atoms with Gasteiger partial charge in [0, 0.05) is 17.7 Å². The number of anilines is 1. The highest BCUT2D eigenvalue weighted by molar-refractivity contribution is 5.96. The van der Waals surface area contributed by atoms with Gasteiger partial charge in [-0.1, -0.05) is 48.0 Å². The summed E-state index contributed by atoms with van der Waals surface area (Å²) in [7, 11) is 0. The van der Waals surface area contributed by atoms with Crippen LogP contribution in [0.5, 0.6) is 11.5 Å². The van der Waals surface area contributed by atoms with Crippen molar-refractivity contribution in [1.82, 2.24) is 9.78 Å². The molecule has 0 saturated heterocycles. The van der Waals surface area contributed by atoms with Crippen LogP contribution in [0.1, 0.15) is 15.9 Å². The molecule has 3 aromatic carbocycles. The van der Waals surface area contributed by atoms with E-state index in [2.05, 4.69) is 10.4 Å². The van der Waals surface area contributed by atoms with Crippen LogP contribution in [0.15, 0.2) is 78.9 Å². The molecule has 0 aliphatic heterocycles. The summed E-state index contributed by atoms with van der Waals surface area (Å²) in [6.45, 7) is 1.43. The third-order valence-corrected chi connectivity index (χ3v) is 4.86. The van der Waals surface area contributed by atoms with E-state index in [9.17, 15) is 19.8 Å². The number of carbonyl (C=O) groups excluding carboxylic acids is 2. The molecule has 33 heavy (non-hydrogen) atoms. The lowest BCUT2D eigenvalue weighted by Crippen LogP contribution is -2.22. The number of nitrogens with zero attached hydrogens (tertiary/aromatic N) is 2. The molecule has 4 rings (SSSR count). The Morgan fingerprint density at radius 2 is 1.70 bits per heavy atom. The van der Waals surface area contributed by atoms with Gasteiger partial charge in [0.1, 0.15) is 22.9 Å². The predicted octanol–water partition coefficient (Wildman–Crippen LogP) is 4.05. The molecule has 1 heterocycles. The molecule has 4 aromatic rings. The number of aromatic hydroxyl groups is 2. The Hall–Kier alpha value is -4.59. The molecule has 0 saturated carbocycles. The van der Waals surface area contributed by atoms with Gasteiger partial charge in [-0.3, -0.25) is 4.79 Å². The summed E-state index contributed by atoms with van der Waals surface area (Å²) in [6.07, 6.45) is 0. The molecule has 0 aliphatic rings. The number of hydrogen-bond acceptors (Lipinski definition) is 6. The lowest BCUT2D eigenvalue weighted by Gasteiger charge is -2.10. The smallest absolute Gasteiger partial charge is 0.342 e. The van der Waals surface area contributed by atoms with E-state index in [0.29, 0.717) is 11.5 Å². The average molecular weight is 443 g/mol. The Kier molecular flexibility index (Phi) is 6.08. The first-order chi connectivity index (χ1) is 15.9. The highest BCUT2D eigenvalue weighted by Gasteiger charge is 2.17.